The van der Waals surface area contributed by atoms with Crippen molar-refractivity contribution >= 4 is 34.1 Å². The number of carbonyl (C=O) groups is 2. The van der Waals surface area contributed by atoms with Crippen LogP contribution in [0.1, 0.15) is 5.56 Å². The highest BCUT2D eigenvalue weighted by Gasteiger charge is 2.07. The largest absolute Gasteiger partial charge is 0.484 e. The van der Waals surface area contributed by atoms with E-state index in [0.717, 1.165) is 16.3 Å². The Kier molecular flexibility index (Phi) is 6.57. The second kappa shape index (κ2) is 10.1. The average Bonchev–Trinajstić information content (AvgIpc) is 2.82. The second-order valence-electron chi connectivity index (χ2n) is 7.09. The van der Waals surface area contributed by atoms with E-state index in [4.69, 9.17) is 4.74 Å². The fourth-order valence-corrected chi connectivity index (χ4v) is 3.14. The van der Waals surface area contributed by atoms with Crippen molar-refractivity contribution in [3.8, 4) is 5.75 Å². The van der Waals surface area contributed by atoms with Gasteiger partial charge in [0.1, 0.15) is 5.75 Å². The van der Waals surface area contributed by atoms with Gasteiger partial charge in [-0.3, -0.25) is 9.78 Å². The summed E-state index contributed by atoms with van der Waals surface area (Å²) < 4.78 is 5.62. The van der Waals surface area contributed by atoms with Crippen LogP contribution in [-0.4, -0.2) is 23.5 Å². The molecule has 0 spiro atoms. The molecule has 0 saturated carbocycles. The monoisotopic (exact) mass is 426 g/mol. The second-order valence-corrected chi connectivity index (χ2v) is 7.09. The van der Waals surface area contributed by atoms with E-state index in [1.165, 1.54) is 0 Å². The molecule has 32 heavy (non-hydrogen) atoms. The van der Waals surface area contributed by atoms with E-state index < -0.39 is 0 Å². The molecule has 160 valence electrons. The van der Waals surface area contributed by atoms with Crippen molar-refractivity contribution in [2.75, 3.05) is 17.2 Å². The van der Waals surface area contributed by atoms with Gasteiger partial charge in [-0.15, -0.1) is 0 Å². The van der Waals surface area contributed by atoms with Gasteiger partial charge in [-0.1, -0.05) is 36.4 Å². The first-order chi connectivity index (χ1) is 15.7. The lowest BCUT2D eigenvalue weighted by Gasteiger charge is -2.11. The van der Waals surface area contributed by atoms with Crippen LogP contribution in [0.4, 0.5) is 16.2 Å². The molecule has 0 unspecified atom stereocenters. The van der Waals surface area contributed by atoms with E-state index in [-0.39, 0.29) is 18.5 Å². The van der Waals surface area contributed by atoms with Gasteiger partial charge in [-0.25, -0.2) is 4.79 Å². The number of hydrogen-bond donors (Lipinski definition) is 3. The summed E-state index contributed by atoms with van der Waals surface area (Å²) in [5.41, 5.74) is 2.07. The summed E-state index contributed by atoms with van der Waals surface area (Å²) in [5.74, 6) is 0.331. The van der Waals surface area contributed by atoms with Crippen LogP contribution >= 0.6 is 0 Å². The third-order valence-corrected chi connectivity index (χ3v) is 4.70. The van der Waals surface area contributed by atoms with Gasteiger partial charge < -0.3 is 20.7 Å². The SMILES string of the molecule is O=C(COc1ccc2ccccc2c1)Nc1cccc(NC(=O)NCc2ccncc2)c1. The molecule has 1 heterocycles. The van der Waals surface area contributed by atoms with Crippen molar-refractivity contribution in [2.24, 2.45) is 0 Å². The summed E-state index contributed by atoms with van der Waals surface area (Å²) in [6.07, 6.45) is 3.34. The highest BCUT2D eigenvalue weighted by Crippen LogP contribution is 2.21. The van der Waals surface area contributed by atoms with Crippen molar-refractivity contribution in [3.63, 3.8) is 0 Å². The van der Waals surface area contributed by atoms with Gasteiger partial charge in [0.05, 0.1) is 0 Å². The number of amides is 3. The predicted octanol–water partition coefficient (Wildman–Crippen LogP) is 4.57. The minimum absolute atomic E-state index is 0.123. The Morgan fingerprint density at radius 2 is 1.53 bits per heavy atom. The van der Waals surface area contributed by atoms with Crippen molar-refractivity contribution in [1.29, 1.82) is 0 Å². The summed E-state index contributed by atoms with van der Waals surface area (Å²) in [6, 6.07) is 23.9. The maximum absolute atomic E-state index is 12.3. The van der Waals surface area contributed by atoms with Crippen molar-refractivity contribution in [3.05, 3.63) is 96.8 Å². The molecular formula is C25H22N4O3. The third-order valence-electron chi connectivity index (χ3n) is 4.70. The van der Waals surface area contributed by atoms with E-state index in [1.54, 1.807) is 36.7 Å². The number of urea groups is 1. The number of aromatic nitrogens is 1. The number of carbonyl (C=O) groups excluding carboxylic acids is 2. The quantitative estimate of drug-likeness (QED) is 0.404. The number of nitrogens with zero attached hydrogens (tertiary/aromatic N) is 1. The standard InChI is InChI=1S/C25H22N4O3/c30-24(17-32-23-9-8-19-4-1-2-5-20(19)14-23)28-21-6-3-7-22(15-21)29-25(31)27-16-18-10-12-26-13-11-18/h1-15H,16-17H2,(H,28,30)(H2,27,29,31). The Balaban J connectivity index is 1.27. The molecule has 7 nitrogen and oxygen atoms in total. The van der Waals surface area contributed by atoms with Gasteiger partial charge in [-0.05, 0) is 58.8 Å². The number of fused-ring (bicyclic) bond motifs is 1. The van der Waals surface area contributed by atoms with Crippen LogP contribution < -0.4 is 20.7 Å². The molecule has 4 aromatic rings. The van der Waals surface area contributed by atoms with Crippen LogP contribution in [0.2, 0.25) is 0 Å². The smallest absolute Gasteiger partial charge is 0.319 e. The van der Waals surface area contributed by atoms with Gasteiger partial charge in [0.25, 0.3) is 5.91 Å². The Morgan fingerprint density at radius 3 is 2.34 bits per heavy atom. The summed E-state index contributed by atoms with van der Waals surface area (Å²) in [7, 11) is 0. The van der Waals surface area contributed by atoms with Gasteiger partial charge in [-0.2, -0.15) is 0 Å². The molecule has 4 rings (SSSR count). The topological polar surface area (TPSA) is 92.4 Å². The predicted molar refractivity (Wildman–Crippen MR) is 125 cm³/mol. The Labute approximate surface area is 185 Å². The van der Waals surface area contributed by atoms with Gasteiger partial charge >= 0.3 is 6.03 Å². The highest BCUT2D eigenvalue weighted by molar-refractivity contribution is 5.94. The molecule has 0 atom stereocenters. The number of benzene rings is 3. The lowest BCUT2D eigenvalue weighted by molar-refractivity contribution is -0.118. The van der Waals surface area contributed by atoms with Gasteiger partial charge in [0, 0.05) is 30.3 Å². The Bertz CT molecular complexity index is 1230. The van der Waals surface area contributed by atoms with Crippen molar-refractivity contribution < 1.29 is 14.3 Å². The molecule has 3 amide bonds. The lowest BCUT2D eigenvalue weighted by atomic mass is 10.1. The van der Waals surface area contributed by atoms with E-state index in [2.05, 4.69) is 20.9 Å². The van der Waals surface area contributed by atoms with Crippen molar-refractivity contribution in [1.82, 2.24) is 10.3 Å². The average molecular weight is 426 g/mol. The molecule has 7 heteroatoms. The molecule has 0 aliphatic rings. The number of nitrogens with one attached hydrogen (secondary N) is 3. The number of hydrogen-bond acceptors (Lipinski definition) is 4. The van der Waals surface area contributed by atoms with Crippen LogP contribution in [0, 0.1) is 0 Å². The van der Waals surface area contributed by atoms with E-state index in [1.807, 2.05) is 54.6 Å². The first kappa shape index (κ1) is 20.9. The highest BCUT2D eigenvalue weighted by atomic mass is 16.5. The summed E-state index contributed by atoms with van der Waals surface area (Å²) >= 11 is 0. The number of ether oxygens (including phenoxy) is 1. The molecule has 0 aliphatic heterocycles. The summed E-state index contributed by atoms with van der Waals surface area (Å²) in [6.45, 7) is 0.263. The number of pyridine rings is 1. The maximum Gasteiger partial charge on any atom is 0.319 e. The van der Waals surface area contributed by atoms with Crippen molar-refractivity contribution in [2.45, 2.75) is 6.54 Å². The van der Waals surface area contributed by atoms with E-state index in [0.29, 0.717) is 23.7 Å². The van der Waals surface area contributed by atoms with Crippen LogP contribution in [0.5, 0.6) is 5.75 Å². The Hall–Kier alpha value is -4.39. The minimum atomic E-state index is -0.343. The van der Waals surface area contributed by atoms with Crippen LogP contribution in [0.3, 0.4) is 0 Å². The lowest BCUT2D eigenvalue weighted by Crippen LogP contribution is -2.28. The number of rotatable bonds is 7. The zero-order valence-electron chi connectivity index (χ0n) is 17.2. The minimum Gasteiger partial charge on any atom is -0.484 e. The summed E-state index contributed by atoms with van der Waals surface area (Å²) in [5, 5.41) is 10.5. The molecule has 0 radical (unpaired) electrons. The molecule has 0 saturated heterocycles. The van der Waals surface area contributed by atoms with E-state index in [9.17, 15) is 9.59 Å². The molecule has 0 bridgehead atoms. The van der Waals surface area contributed by atoms with Crippen LogP contribution in [0.15, 0.2) is 91.3 Å². The Morgan fingerprint density at radius 1 is 0.781 bits per heavy atom. The third kappa shape index (κ3) is 5.82. The van der Waals surface area contributed by atoms with E-state index >= 15 is 0 Å². The number of anilines is 2. The fourth-order valence-electron chi connectivity index (χ4n) is 3.14. The van der Waals surface area contributed by atoms with Crippen LogP contribution in [0.25, 0.3) is 10.8 Å². The molecular weight excluding hydrogens is 404 g/mol. The first-order valence-electron chi connectivity index (χ1n) is 10.1. The molecule has 1 aromatic heterocycles. The molecule has 0 aliphatic carbocycles. The molecule has 3 aromatic carbocycles. The zero-order valence-corrected chi connectivity index (χ0v) is 17.2. The zero-order chi connectivity index (χ0) is 22.2. The van der Waals surface area contributed by atoms with Crippen LogP contribution in [-0.2, 0) is 11.3 Å². The molecule has 3 N–H and O–H groups in total. The first-order valence-corrected chi connectivity index (χ1v) is 10.1. The summed E-state index contributed by atoms with van der Waals surface area (Å²) in [4.78, 5) is 28.4. The van der Waals surface area contributed by atoms with Gasteiger partial charge in [0.15, 0.2) is 6.61 Å². The maximum atomic E-state index is 12.3. The van der Waals surface area contributed by atoms with Gasteiger partial charge in [0.2, 0.25) is 0 Å². The molecule has 0 fully saturated rings. The normalized spacial score (nSPS) is 10.4. The fraction of sp³-hybridized carbons (Fsp3) is 0.0800.